The van der Waals surface area contributed by atoms with Crippen molar-refractivity contribution in [2.75, 3.05) is 26.8 Å². The highest BCUT2D eigenvalue weighted by atomic mass is 19.4. The number of halogens is 3. The van der Waals surface area contributed by atoms with E-state index in [0.717, 1.165) is 0 Å². The smallest absolute Gasteiger partial charge is 0.385 e. The van der Waals surface area contributed by atoms with Gasteiger partial charge in [0.2, 0.25) is 0 Å². The molecule has 0 aromatic heterocycles. The van der Waals surface area contributed by atoms with Gasteiger partial charge < -0.3 is 10.1 Å². The van der Waals surface area contributed by atoms with Gasteiger partial charge in [-0.2, -0.15) is 13.2 Å². The van der Waals surface area contributed by atoms with Gasteiger partial charge in [-0.1, -0.05) is 6.92 Å². The molecule has 0 aromatic carbocycles. The van der Waals surface area contributed by atoms with E-state index in [1.54, 1.807) is 0 Å². The fraction of sp³-hybridized carbons (Fsp3) is 0.909. The van der Waals surface area contributed by atoms with Crippen molar-refractivity contribution in [2.24, 2.45) is 11.3 Å². The van der Waals surface area contributed by atoms with Gasteiger partial charge in [0, 0.05) is 26.2 Å². The van der Waals surface area contributed by atoms with Crippen LogP contribution in [0.15, 0.2) is 0 Å². The minimum Gasteiger partial charge on any atom is -0.385 e. The highest BCUT2D eigenvalue weighted by Gasteiger charge is 2.61. The molecule has 2 unspecified atom stereocenters. The van der Waals surface area contributed by atoms with E-state index in [-0.39, 0.29) is 19.5 Å². The molecule has 3 nitrogen and oxygen atoms in total. The van der Waals surface area contributed by atoms with Crippen LogP contribution < -0.4 is 5.32 Å². The quantitative estimate of drug-likeness (QED) is 0.811. The van der Waals surface area contributed by atoms with Gasteiger partial charge in [0.05, 0.1) is 0 Å². The first-order chi connectivity index (χ1) is 7.85. The van der Waals surface area contributed by atoms with Crippen LogP contribution in [0.3, 0.4) is 0 Å². The zero-order valence-corrected chi connectivity index (χ0v) is 10.1. The zero-order valence-electron chi connectivity index (χ0n) is 10.1. The summed E-state index contributed by atoms with van der Waals surface area (Å²) in [5.41, 5.74) is -2.19. The van der Waals surface area contributed by atoms with E-state index in [1.807, 2.05) is 0 Å². The number of carbonyl (C=O) groups is 1. The van der Waals surface area contributed by atoms with E-state index in [1.165, 1.54) is 14.0 Å². The average molecular weight is 253 g/mol. The predicted molar refractivity (Wildman–Crippen MR) is 56.6 cm³/mol. The lowest BCUT2D eigenvalue weighted by Crippen LogP contribution is -2.49. The summed E-state index contributed by atoms with van der Waals surface area (Å²) in [6.07, 6.45) is -4.31. The van der Waals surface area contributed by atoms with Crippen LogP contribution in [0.25, 0.3) is 0 Å². The third kappa shape index (κ3) is 2.80. The number of nitrogens with one attached hydrogen (secondary N) is 1. The molecule has 1 aliphatic heterocycles. The molecule has 0 aromatic rings. The molecule has 1 saturated heterocycles. The average Bonchev–Trinajstić information content (AvgIpc) is 2.74. The van der Waals surface area contributed by atoms with Crippen molar-refractivity contribution in [3.05, 3.63) is 0 Å². The van der Waals surface area contributed by atoms with Crippen LogP contribution in [-0.4, -0.2) is 38.8 Å². The van der Waals surface area contributed by atoms with Crippen molar-refractivity contribution in [3.8, 4) is 0 Å². The highest BCUT2D eigenvalue weighted by Crippen LogP contribution is 2.45. The first-order valence-corrected chi connectivity index (χ1v) is 5.66. The van der Waals surface area contributed by atoms with Crippen molar-refractivity contribution in [2.45, 2.75) is 25.9 Å². The number of carbonyl (C=O) groups excluding carboxylic acids is 1. The maximum absolute atomic E-state index is 13.1. The predicted octanol–water partition coefficient (Wildman–Crippen LogP) is 1.77. The molecular formula is C11H18F3NO2. The Morgan fingerprint density at radius 1 is 1.53 bits per heavy atom. The van der Waals surface area contributed by atoms with Crippen LogP contribution in [0.1, 0.15) is 19.8 Å². The Morgan fingerprint density at radius 3 is 2.59 bits per heavy atom. The fourth-order valence-electron chi connectivity index (χ4n) is 2.18. The van der Waals surface area contributed by atoms with Crippen LogP contribution in [0.4, 0.5) is 13.2 Å². The molecule has 0 saturated carbocycles. The van der Waals surface area contributed by atoms with Crippen LogP contribution >= 0.6 is 0 Å². The number of ketones is 1. The largest absolute Gasteiger partial charge is 0.402 e. The summed E-state index contributed by atoms with van der Waals surface area (Å²) in [7, 11) is 1.47. The lowest BCUT2D eigenvalue weighted by Gasteiger charge is -2.31. The van der Waals surface area contributed by atoms with Crippen molar-refractivity contribution >= 4 is 5.78 Å². The second-order valence-corrected chi connectivity index (χ2v) is 4.55. The number of hydrogen-bond donors (Lipinski definition) is 1. The monoisotopic (exact) mass is 253 g/mol. The Labute approximate surface area is 98.7 Å². The van der Waals surface area contributed by atoms with Gasteiger partial charge >= 0.3 is 6.18 Å². The minimum absolute atomic E-state index is 0.160. The second-order valence-electron chi connectivity index (χ2n) is 4.55. The summed E-state index contributed by atoms with van der Waals surface area (Å²) in [6.45, 7) is 1.77. The fourth-order valence-corrected chi connectivity index (χ4v) is 2.18. The lowest BCUT2D eigenvalue weighted by molar-refractivity contribution is -0.216. The van der Waals surface area contributed by atoms with E-state index in [4.69, 9.17) is 4.74 Å². The molecule has 6 heteroatoms. The SMILES string of the molecule is COCCC(C)C(=O)C1(C(F)(F)F)CCNC1. The number of hydrogen-bond acceptors (Lipinski definition) is 3. The Morgan fingerprint density at radius 2 is 2.18 bits per heavy atom. The Bertz CT molecular complexity index is 272. The molecule has 1 heterocycles. The standard InChI is InChI=1S/C11H18F3NO2/c1-8(3-6-17-2)9(16)10(11(12,13)14)4-5-15-7-10/h8,15H,3-7H2,1-2H3. The van der Waals surface area contributed by atoms with Crippen LogP contribution in [0.5, 0.6) is 0 Å². The molecule has 1 N–H and O–H groups in total. The molecule has 17 heavy (non-hydrogen) atoms. The van der Waals surface area contributed by atoms with E-state index in [9.17, 15) is 18.0 Å². The van der Waals surface area contributed by atoms with Gasteiger partial charge in [-0.05, 0) is 19.4 Å². The summed E-state index contributed by atoms with van der Waals surface area (Å²) in [6, 6.07) is 0. The third-order valence-electron chi connectivity index (χ3n) is 3.37. The van der Waals surface area contributed by atoms with E-state index < -0.39 is 23.3 Å². The molecule has 0 bridgehead atoms. The van der Waals surface area contributed by atoms with Crippen molar-refractivity contribution in [1.82, 2.24) is 5.32 Å². The summed E-state index contributed by atoms with van der Waals surface area (Å²) in [5.74, 6) is -1.34. The summed E-state index contributed by atoms with van der Waals surface area (Å²) < 4.78 is 44.0. The molecule has 2 atom stereocenters. The van der Waals surface area contributed by atoms with E-state index in [0.29, 0.717) is 13.0 Å². The molecule has 1 fully saturated rings. The van der Waals surface area contributed by atoms with Crippen molar-refractivity contribution < 1.29 is 22.7 Å². The number of methoxy groups -OCH3 is 1. The molecule has 0 spiro atoms. The van der Waals surface area contributed by atoms with E-state index in [2.05, 4.69) is 5.32 Å². The normalized spacial score (nSPS) is 27.1. The first-order valence-electron chi connectivity index (χ1n) is 5.66. The maximum Gasteiger partial charge on any atom is 0.402 e. The van der Waals surface area contributed by atoms with E-state index >= 15 is 0 Å². The Hall–Kier alpha value is -0.620. The lowest BCUT2D eigenvalue weighted by atomic mass is 9.76. The van der Waals surface area contributed by atoms with Gasteiger partial charge in [0.1, 0.15) is 5.41 Å². The number of ether oxygens (including phenoxy) is 1. The molecule has 100 valence electrons. The summed E-state index contributed by atoms with van der Waals surface area (Å²) in [4.78, 5) is 12.0. The van der Waals surface area contributed by atoms with Crippen LogP contribution in [-0.2, 0) is 9.53 Å². The molecule has 1 aliphatic rings. The molecule has 1 rings (SSSR count). The number of Topliss-reactive ketones (excluding diaryl/α,β-unsaturated/α-hetero) is 1. The summed E-state index contributed by atoms with van der Waals surface area (Å²) >= 11 is 0. The van der Waals surface area contributed by atoms with Gasteiger partial charge in [-0.15, -0.1) is 0 Å². The maximum atomic E-state index is 13.1. The molecule has 0 aliphatic carbocycles. The minimum atomic E-state index is -4.48. The topological polar surface area (TPSA) is 38.3 Å². The Kier molecular flexibility index (Phi) is 4.55. The molecule has 0 amide bonds. The van der Waals surface area contributed by atoms with Crippen LogP contribution in [0.2, 0.25) is 0 Å². The zero-order chi connectivity index (χ0) is 13.1. The first kappa shape index (κ1) is 14.4. The van der Waals surface area contributed by atoms with Crippen molar-refractivity contribution in [3.63, 3.8) is 0 Å². The molecular weight excluding hydrogens is 235 g/mol. The van der Waals surface area contributed by atoms with Gasteiger partial charge in [0.15, 0.2) is 5.78 Å². The second kappa shape index (κ2) is 5.35. The van der Waals surface area contributed by atoms with Gasteiger partial charge in [-0.25, -0.2) is 0 Å². The van der Waals surface area contributed by atoms with Crippen molar-refractivity contribution in [1.29, 1.82) is 0 Å². The van der Waals surface area contributed by atoms with Crippen LogP contribution in [0, 0.1) is 11.3 Å². The Balaban J connectivity index is 2.81. The highest BCUT2D eigenvalue weighted by molar-refractivity contribution is 5.88. The third-order valence-corrected chi connectivity index (χ3v) is 3.37. The number of alkyl halides is 3. The summed E-state index contributed by atoms with van der Waals surface area (Å²) in [5, 5.41) is 2.64. The van der Waals surface area contributed by atoms with Gasteiger partial charge in [-0.3, -0.25) is 4.79 Å². The number of rotatable bonds is 5. The molecule has 0 radical (unpaired) electrons. The van der Waals surface area contributed by atoms with Gasteiger partial charge in [0.25, 0.3) is 0 Å².